The first-order valence-corrected chi connectivity index (χ1v) is 8.88. The lowest BCUT2D eigenvalue weighted by molar-refractivity contribution is -0.131. The average molecular weight is 338 g/mol. The molecule has 1 atom stereocenters. The smallest absolute Gasteiger partial charge is 0.227 e. The first kappa shape index (κ1) is 17.4. The third-order valence-corrected chi connectivity index (χ3v) is 5.17. The number of nitrogens with zero attached hydrogens (tertiary/aromatic N) is 3. The number of nitrogen functional groups attached to an aromatic ring is 1. The Morgan fingerprint density at radius 3 is 2.56 bits per heavy atom. The number of aromatic nitrogens is 2. The molecule has 0 saturated carbocycles. The van der Waals surface area contributed by atoms with Crippen LogP contribution in [0.1, 0.15) is 46.8 Å². The molecule has 2 N–H and O–H groups in total. The second-order valence-electron chi connectivity index (χ2n) is 6.94. The van der Waals surface area contributed by atoms with E-state index >= 15 is 0 Å². The summed E-state index contributed by atoms with van der Waals surface area (Å²) in [6.07, 6.45) is 2.52. The number of carbonyl (C=O) groups excluding carboxylic acids is 1. The second-order valence-corrected chi connectivity index (χ2v) is 6.94. The summed E-state index contributed by atoms with van der Waals surface area (Å²) < 4.78 is 0. The van der Waals surface area contributed by atoms with Crippen molar-refractivity contribution in [3.63, 3.8) is 0 Å². The highest BCUT2D eigenvalue weighted by atomic mass is 16.2. The standard InChI is InChI=1S/C20H26N4O/c1-13-7-4-5-9-17(13)16-8-6-10-24(12-16)19(25)11-18-14(2)22-20(21)23-15(18)3/h4-5,7,9,16H,6,8,10-12H2,1-3H3,(H2,21,22,23)/t16-/m1/s1. The molecule has 1 saturated heterocycles. The van der Waals surface area contributed by atoms with Crippen LogP contribution in [0.15, 0.2) is 24.3 Å². The van der Waals surface area contributed by atoms with Crippen LogP contribution in [-0.4, -0.2) is 33.9 Å². The van der Waals surface area contributed by atoms with E-state index in [0.29, 0.717) is 12.3 Å². The van der Waals surface area contributed by atoms with Gasteiger partial charge in [0.2, 0.25) is 11.9 Å². The van der Waals surface area contributed by atoms with Crippen molar-refractivity contribution < 1.29 is 4.79 Å². The Kier molecular flexibility index (Phi) is 5.02. The van der Waals surface area contributed by atoms with Gasteiger partial charge in [0, 0.05) is 36.0 Å². The molecule has 5 heteroatoms. The number of likely N-dealkylation sites (tertiary alicyclic amines) is 1. The molecule has 5 nitrogen and oxygen atoms in total. The molecule has 0 aliphatic carbocycles. The molecule has 1 aromatic carbocycles. The largest absolute Gasteiger partial charge is 0.368 e. The predicted octanol–water partition coefficient (Wildman–Crippen LogP) is 2.93. The van der Waals surface area contributed by atoms with E-state index in [4.69, 9.17) is 5.73 Å². The molecule has 1 amide bonds. The van der Waals surface area contributed by atoms with E-state index in [1.54, 1.807) is 0 Å². The molecule has 3 rings (SSSR count). The number of aryl methyl sites for hydroxylation is 3. The van der Waals surface area contributed by atoms with Crippen LogP contribution >= 0.6 is 0 Å². The molecule has 1 aromatic heterocycles. The van der Waals surface area contributed by atoms with Gasteiger partial charge in [0.1, 0.15) is 0 Å². The lowest BCUT2D eigenvalue weighted by Gasteiger charge is -2.34. The van der Waals surface area contributed by atoms with Crippen molar-refractivity contribution in [2.24, 2.45) is 0 Å². The van der Waals surface area contributed by atoms with Crippen LogP contribution in [0, 0.1) is 20.8 Å². The SMILES string of the molecule is Cc1ccccc1[C@@H]1CCCN(C(=O)Cc2c(C)nc(N)nc2C)C1. The van der Waals surface area contributed by atoms with Gasteiger partial charge in [-0.2, -0.15) is 0 Å². The maximum atomic E-state index is 12.9. The van der Waals surface area contributed by atoms with Crippen LogP contribution in [0.3, 0.4) is 0 Å². The van der Waals surface area contributed by atoms with Crippen LogP contribution in [0.5, 0.6) is 0 Å². The summed E-state index contributed by atoms with van der Waals surface area (Å²) in [6.45, 7) is 7.54. The van der Waals surface area contributed by atoms with Gasteiger partial charge >= 0.3 is 0 Å². The highest BCUT2D eigenvalue weighted by molar-refractivity contribution is 5.79. The van der Waals surface area contributed by atoms with E-state index in [2.05, 4.69) is 41.2 Å². The Morgan fingerprint density at radius 1 is 1.20 bits per heavy atom. The molecule has 0 radical (unpaired) electrons. The van der Waals surface area contributed by atoms with E-state index in [9.17, 15) is 4.79 Å². The van der Waals surface area contributed by atoms with Gasteiger partial charge in [-0.25, -0.2) is 9.97 Å². The molecular weight excluding hydrogens is 312 g/mol. The lowest BCUT2D eigenvalue weighted by atomic mass is 9.88. The number of anilines is 1. The number of nitrogens with two attached hydrogens (primary N) is 1. The first-order valence-electron chi connectivity index (χ1n) is 8.88. The van der Waals surface area contributed by atoms with Crippen LogP contribution in [-0.2, 0) is 11.2 Å². The van der Waals surface area contributed by atoms with Gasteiger partial charge in [-0.15, -0.1) is 0 Å². The Bertz CT molecular complexity index is 764. The Labute approximate surface area is 149 Å². The van der Waals surface area contributed by atoms with E-state index in [1.807, 2.05) is 18.7 Å². The first-order chi connectivity index (χ1) is 12.0. The third kappa shape index (κ3) is 3.81. The summed E-state index contributed by atoms with van der Waals surface area (Å²) in [6, 6.07) is 8.49. The van der Waals surface area contributed by atoms with E-state index in [1.165, 1.54) is 11.1 Å². The molecule has 0 spiro atoms. The van der Waals surface area contributed by atoms with E-state index < -0.39 is 0 Å². The number of amides is 1. The monoisotopic (exact) mass is 338 g/mol. The van der Waals surface area contributed by atoms with Gasteiger partial charge in [0.05, 0.1) is 6.42 Å². The van der Waals surface area contributed by atoms with Crippen molar-refractivity contribution in [3.8, 4) is 0 Å². The van der Waals surface area contributed by atoms with Crippen LogP contribution < -0.4 is 5.73 Å². The maximum absolute atomic E-state index is 12.9. The van der Waals surface area contributed by atoms with Crippen molar-refractivity contribution in [3.05, 3.63) is 52.3 Å². The second kappa shape index (κ2) is 7.21. The van der Waals surface area contributed by atoms with E-state index in [0.717, 1.165) is 42.9 Å². The molecule has 1 aliphatic rings. The van der Waals surface area contributed by atoms with Gasteiger partial charge in [-0.3, -0.25) is 4.79 Å². The summed E-state index contributed by atoms with van der Waals surface area (Å²) in [5, 5.41) is 0. The zero-order valence-corrected chi connectivity index (χ0v) is 15.2. The minimum Gasteiger partial charge on any atom is -0.368 e. The number of rotatable bonds is 3. The molecule has 25 heavy (non-hydrogen) atoms. The van der Waals surface area contributed by atoms with E-state index in [-0.39, 0.29) is 11.9 Å². The Balaban J connectivity index is 1.74. The number of hydrogen-bond donors (Lipinski definition) is 1. The average Bonchev–Trinajstić information content (AvgIpc) is 2.58. The fraction of sp³-hybridized carbons (Fsp3) is 0.450. The van der Waals surface area contributed by atoms with Crippen molar-refractivity contribution in [2.45, 2.75) is 46.0 Å². The van der Waals surface area contributed by atoms with Crippen LogP contribution in [0.2, 0.25) is 0 Å². The quantitative estimate of drug-likeness (QED) is 0.934. The minimum atomic E-state index is 0.151. The summed E-state index contributed by atoms with van der Waals surface area (Å²) in [5.41, 5.74) is 10.8. The number of carbonyl (C=O) groups is 1. The normalized spacial score (nSPS) is 17.6. The fourth-order valence-electron chi connectivity index (χ4n) is 3.79. The molecule has 1 aliphatic heterocycles. The van der Waals surface area contributed by atoms with Crippen molar-refractivity contribution >= 4 is 11.9 Å². The van der Waals surface area contributed by atoms with Crippen molar-refractivity contribution in [1.29, 1.82) is 0 Å². The van der Waals surface area contributed by atoms with Gasteiger partial charge < -0.3 is 10.6 Å². The summed E-state index contributed by atoms with van der Waals surface area (Å²) >= 11 is 0. The highest BCUT2D eigenvalue weighted by Crippen LogP contribution is 2.29. The highest BCUT2D eigenvalue weighted by Gasteiger charge is 2.26. The summed E-state index contributed by atoms with van der Waals surface area (Å²) in [5.74, 6) is 0.838. The van der Waals surface area contributed by atoms with Gasteiger partial charge in [-0.1, -0.05) is 24.3 Å². The molecule has 0 bridgehead atoms. The zero-order chi connectivity index (χ0) is 18.0. The summed E-state index contributed by atoms with van der Waals surface area (Å²) in [4.78, 5) is 23.3. The van der Waals surface area contributed by atoms with Crippen LogP contribution in [0.25, 0.3) is 0 Å². The predicted molar refractivity (Wildman–Crippen MR) is 99.4 cm³/mol. The van der Waals surface area contributed by atoms with Crippen LogP contribution in [0.4, 0.5) is 5.95 Å². The lowest BCUT2D eigenvalue weighted by Crippen LogP contribution is -2.40. The van der Waals surface area contributed by atoms with Crippen molar-refractivity contribution in [1.82, 2.24) is 14.9 Å². The number of piperidine rings is 1. The molecule has 1 fully saturated rings. The molecule has 0 unspecified atom stereocenters. The van der Waals surface area contributed by atoms with Gasteiger partial charge in [0.15, 0.2) is 0 Å². The van der Waals surface area contributed by atoms with Gasteiger partial charge in [-0.05, 0) is 44.7 Å². The molecular formula is C20H26N4O. The maximum Gasteiger partial charge on any atom is 0.227 e. The number of hydrogen-bond acceptors (Lipinski definition) is 4. The zero-order valence-electron chi connectivity index (χ0n) is 15.2. The molecule has 2 heterocycles. The third-order valence-electron chi connectivity index (χ3n) is 5.17. The van der Waals surface area contributed by atoms with Crippen molar-refractivity contribution in [2.75, 3.05) is 18.8 Å². The topological polar surface area (TPSA) is 72.1 Å². The minimum absolute atomic E-state index is 0.151. The Morgan fingerprint density at radius 2 is 1.88 bits per heavy atom. The molecule has 2 aromatic rings. The molecule has 132 valence electrons. The number of benzene rings is 1. The fourth-order valence-corrected chi connectivity index (χ4v) is 3.79. The van der Waals surface area contributed by atoms with Gasteiger partial charge in [0.25, 0.3) is 0 Å². The summed E-state index contributed by atoms with van der Waals surface area (Å²) in [7, 11) is 0. The Hall–Kier alpha value is -2.43.